The van der Waals surface area contributed by atoms with Crippen LogP contribution in [-0.2, 0) is 0 Å². The molecule has 1 N–H and O–H groups in total. The number of hydrogen-bond acceptors (Lipinski definition) is 4. The van der Waals surface area contributed by atoms with Crippen molar-refractivity contribution in [3.05, 3.63) is 18.0 Å². The molecule has 2 fully saturated rings. The van der Waals surface area contributed by atoms with Gasteiger partial charge in [0.2, 0.25) is 5.95 Å². The van der Waals surface area contributed by atoms with Gasteiger partial charge in [0, 0.05) is 38.1 Å². The lowest BCUT2D eigenvalue weighted by Crippen LogP contribution is -2.50. The van der Waals surface area contributed by atoms with Crippen LogP contribution in [0.4, 0.5) is 5.95 Å². The number of anilines is 1. The number of rotatable bonds is 2. The molecule has 1 aliphatic carbocycles. The summed E-state index contributed by atoms with van der Waals surface area (Å²) in [5, 5.41) is 3.39. The van der Waals surface area contributed by atoms with E-state index in [0.717, 1.165) is 25.6 Å². The number of nitrogens with zero attached hydrogens (tertiary/aromatic N) is 3. The van der Waals surface area contributed by atoms with E-state index in [1.165, 1.54) is 31.2 Å². The molecule has 2 heterocycles. The summed E-state index contributed by atoms with van der Waals surface area (Å²) < 4.78 is 0. The standard InChI is InChI=1S/C14H22N4/c1-11-8-15-6-7-18(11)14-16-9-13(10-17-14)12-4-2-3-5-12/h9-12,15H,2-8H2,1H3. The average Bonchev–Trinajstić information content (AvgIpc) is 2.94. The number of piperazine rings is 1. The summed E-state index contributed by atoms with van der Waals surface area (Å²) in [6.45, 7) is 5.27. The van der Waals surface area contributed by atoms with Crippen molar-refractivity contribution in [3.63, 3.8) is 0 Å². The maximum Gasteiger partial charge on any atom is 0.225 e. The first-order valence-corrected chi connectivity index (χ1v) is 7.14. The molecule has 2 aliphatic rings. The van der Waals surface area contributed by atoms with Gasteiger partial charge in [-0.05, 0) is 31.2 Å². The molecule has 0 spiro atoms. The minimum absolute atomic E-state index is 0.482. The van der Waals surface area contributed by atoms with Crippen LogP contribution in [0.3, 0.4) is 0 Å². The second kappa shape index (κ2) is 5.22. The van der Waals surface area contributed by atoms with E-state index in [0.29, 0.717) is 12.0 Å². The molecule has 1 aliphatic heterocycles. The van der Waals surface area contributed by atoms with E-state index in [-0.39, 0.29) is 0 Å². The van der Waals surface area contributed by atoms with Crippen molar-refractivity contribution < 1.29 is 0 Å². The highest BCUT2D eigenvalue weighted by Crippen LogP contribution is 2.33. The molecule has 0 aromatic carbocycles. The summed E-state index contributed by atoms with van der Waals surface area (Å²) in [6.07, 6.45) is 9.45. The zero-order valence-electron chi connectivity index (χ0n) is 11.1. The van der Waals surface area contributed by atoms with Gasteiger partial charge >= 0.3 is 0 Å². The van der Waals surface area contributed by atoms with Gasteiger partial charge in [0.1, 0.15) is 0 Å². The minimum Gasteiger partial charge on any atom is -0.336 e. The quantitative estimate of drug-likeness (QED) is 0.865. The first kappa shape index (κ1) is 11.9. The first-order valence-electron chi connectivity index (χ1n) is 7.14. The second-order valence-corrected chi connectivity index (χ2v) is 5.54. The van der Waals surface area contributed by atoms with Crippen molar-refractivity contribution in [1.29, 1.82) is 0 Å². The van der Waals surface area contributed by atoms with E-state index in [2.05, 4.69) is 27.1 Å². The van der Waals surface area contributed by atoms with Crippen molar-refractivity contribution in [2.75, 3.05) is 24.5 Å². The van der Waals surface area contributed by atoms with Gasteiger partial charge in [0.05, 0.1) is 0 Å². The summed E-state index contributed by atoms with van der Waals surface area (Å²) in [6, 6.07) is 0.482. The molecule has 1 unspecified atom stereocenters. The molecule has 0 bridgehead atoms. The van der Waals surface area contributed by atoms with Crippen LogP contribution in [0.5, 0.6) is 0 Å². The minimum atomic E-state index is 0.482. The molecule has 18 heavy (non-hydrogen) atoms. The van der Waals surface area contributed by atoms with Gasteiger partial charge in [-0.3, -0.25) is 0 Å². The van der Waals surface area contributed by atoms with Crippen LogP contribution in [0.15, 0.2) is 12.4 Å². The summed E-state index contributed by atoms with van der Waals surface area (Å²) in [5.41, 5.74) is 1.33. The Balaban J connectivity index is 1.73. The van der Waals surface area contributed by atoms with Gasteiger partial charge in [0.25, 0.3) is 0 Å². The molecule has 1 saturated heterocycles. The van der Waals surface area contributed by atoms with Gasteiger partial charge in [-0.25, -0.2) is 9.97 Å². The van der Waals surface area contributed by atoms with E-state index in [1.54, 1.807) is 0 Å². The SMILES string of the molecule is CC1CNCCN1c1ncc(C2CCCC2)cn1. The molecule has 1 aromatic heterocycles. The third-order valence-electron chi connectivity index (χ3n) is 4.24. The predicted octanol–water partition coefficient (Wildman–Crippen LogP) is 1.93. The van der Waals surface area contributed by atoms with Gasteiger partial charge < -0.3 is 10.2 Å². The Kier molecular flexibility index (Phi) is 3.46. The predicted molar refractivity (Wildman–Crippen MR) is 72.9 cm³/mol. The smallest absolute Gasteiger partial charge is 0.225 e. The van der Waals surface area contributed by atoms with Crippen LogP contribution in [0, 0.1) is 0 Å². The van der Waals surface area contributed by atoms with Crippen molar-refractivity contribution >= 4 is 5.95 Å². The fourth-order valence-corrected chi connectivity index (χ4v) is 3.09. The van der Waals surface area contributed by atoms with Crippen LogP contribution in [0.2, 0.25) is 0 Å². The second-order valence-electron chi connectivity index (χ2n) is 5.54. The van der Waals surface area contributed by atoms with Crippen LogP contribution in [-0.4, -0.2) is 35.6 Å². The van der Waals surface area contributed by atoms with Crippen molar-refractivity contribution in [1.82, 2.24) is 15.3 Å². The highest BCUT2D eigenvalue weighted by atomic mass is 15.3. The maximum absolute atomic E-state index is 4.58. The fourth-order valence-electron chi connectivity index (χ4n) is 3.09. The van der Waals surface area contributed by atoms with Crippen LogP contribution in [0.25, 0.3) is 0 Å². The molecule has 0 amide bonds. The number of hydrogen-bond donors (Lipinski definition) is 1. The number of aromatic nitrogens is 2. The van der Waals surface area contributed by atoms with E-state index in [9.17, 15) is 0 Å². The summed E-state index contributed by atoms with van der Waals surface area (Å²) in [4.78, 5) is 11.5. The molecular weight excluding hydrogens is 224 g/mol. The summed E-state index contributed by atoms with van der Waals surface area (Å²) in [7, 11) is 0. The molecule has 4 nitrogen and oxygen atoms in total. The maximum atomic E-state index is 4.58. The van der Waals surface area contributed by atoms with Crippen LogP contribution < -0.4 is 10.2 Å². The Morgan fingerprint density at radius 2 is 1.94 bits per heavy atom. The molecule has 0 radical (unpaired) electrons. The Bertz CT molecular complexity index is 383. The topological polar surface area (TPSA) is 41.0 Å². The lowest BCUT2D eigenvalue weighted by atomic mass is 10.0. The highest BCUT2D eigenvalue weighted by molar-refractivity contribution is 5.33. The average molecular weight is 246 g/mol. The zero-order chi connectivity index (χ0) is 12.4. The van der Waals surface area contributed by atoms with Crippen molar-refractivity contribution in [2.24, 2.45) is 0 Å². The van der Waals surface area contributed by atoms with E-state index in [4.69, 9.17) is 0 Å². The summed E-state index contributed by atoms with van der Waals surface area (Å²) >= 11 is 0. The van der Waals surface area contributed by atoms with Gasteiger partial charge in [0.15, 0.2) is 0 Å². The lowest BCUT2D eigenvalue weighted by Gasteiger charge is -2.33. The van der Waals surface area contributed by atoms with Crippen molar-refractivity contribution in [3.8, 4) is 0 Å². The number of nitrogens with one attached hydrogen (secondary N) is 1. The van der Waals surface area contributed by atoms with Crippen LogP contribution in [0.1, 0.15) is 44.1 Å². The van der Waals surface area contributed by atoms with Gasteiger partial charge in [-0.15, -0.1) is 0 Å². The largest absolute Gasteiger partial charge is 0.336 e. The van der Waals surface area contributed by atoms with E-state index < -0.39 is 0 Å². The van der Waals surface area contributed by atoms with Crippen molar-refractivity contribution in [2.45, 2.75) is 44.6 Å². The Morgan fingerprint density at radius 3 is 2.61 bits per heavy atom. The summed E-state index contributed by atoms with van der Waals surface area (Å²) in [5.74, 6) is 1.60. The molecule has 1 atom stereocenters. The van der Waals surface area contributed by atoms with Gasteiger partial charge in [-0.2, -0.15) is 0 Å². The highest BCUT2D eigenvalue weighted by Gasteiger charge is 2.22. The Morgan fingerprint density at radius 1 is 1.22 bits per heavy atom. The van der Waals surface area contributed by atoms with Crippen LogP contribution >= 0.6 is 0 Å². The molecule has 1 aromatic rings. The third-order valence-corrected chi connectivity index (χ3v) is 4.24. The zero-order valence-corrected chi connectivity index (χ0v) is 11.1. The molecule has 3 rings (SSSR count). The first-order chi connectivity index (χ1) is 8.84. The normalized spacial score (nSPS) is 25.6. The molecule has 4 heteroatoms. The molecule has 98 valence electrons. The molecule has 1 saturated carbocycles. The van der Waals surface area contributed by atoms with E-state index in [1.807, 2.05) is 12.4 Å². The monoisotopic (exact) mass is 246 g/mol. The Labute approximate surface area is 109 Å². The van der Waals surface area contributed by atoms with E-state index >= 15 is 0 Å². The third kappa shape index (κ3) is 2.34. The fraction of sp³-hybridized carbons (Fsp3) is 0.714. The Hall–Kier alpha value is -1.16. The molecular formula is C14H22N4. The lowest BCUT2D eigenvalue weighted by molar-refractivity contribution is 0.492. The van der Waals surface area contributed by atoms with Gasteiger partial charge in [-0.1, -0.05) is 12.8 Å².